The van der Waals surface area contributed by atoms with E-state index in [9.17, 15) is 4.79 Å². The molecule has 1 aliphatic carbocycles. The fraction of sp³-hybridized carbons (Fsp3) is 0.263. The van der Waals surface area contributed by atoms with Crippen LogP contribution < -0.4 is 5.32 Å². The topological polar surface area (TPSA) is 70.9 Å². The van der Waals surface area contributed by atoms with Crippen LogP contribution in [0.15, 0.2) is 41.0 Å². The molecule has 0 fully saturated rings. The molecule has 2 heterocycles. The Labute approximate surface area is 140 Å². The number of aromatic amines is 1. The third-order valence-corrected chi connectivity index (χ3v) is 4.72. The third kappa shape index (κ3) is 2.52. The van der Waals surface area contributed by atoms with Gasteiger partial charge in [-0.15, -0.1) is 0 Å². The lowest BCUT2D eigenvalue weighted by Gasteiger charge is -2.19. The van der Waals surface area contributed by atoms with E-state index in [1.165, 1.54) is 11.1 Å². The number of aromatic nitrogens is 2. The number of rotatable bonds is 3. The summed E-state index contributed by atoms with van der Waals surface area (Å²) in [4.78, 5) is 12.6. The van der Waals surface area contributed by atoms with Gasteiger partial charge >= 0.3 is 0 Å². The van der Waals surface area contributed by atoms with E-state index in [2.05, 4.69) is 41.5 Å². The molecular weight excluding hydrogens is 302 g/mol. The molecule has 122 valence electrons. The van der Waals surface area contributed by atoms with Crippen molar-refractivity contribution in [1.29, 1.82) is 0 Å². The van der Waals surface area contributed by atoms with Crippen molar-refractivity contribution in [3.05, 3.63) is 64.7 Å². The van der Waals surface area contributed by atoms with E-state index in [0.717, 1.165) is 23.6 Å². The lowest BCUT2D eigenvalue weighted by molar-refractivity contribution is 0.0961. The molecule has 1 aromatic carbocycles. The number of nitrogens with one attached hydrogen (secondary N) is 2. The van der Waals surface area contributed by atoms with Gasteiger partial charge in [-0.3, -0.25) is 9.89 Å². The summed E-state index contributed by atoms with van der Waals surface area (Å²) >= 11 is 0. The van der Waals surface area contributed by atoms with Crippen molar-refractivity contribution < 1.29 is 9.21 Å². The number of fused-ring (bicyclic) bond motifs is 1. The molecule has 3 aromatic rings. The minimum absolute atomic E-state index is 0.0786. The summed E-state index contributed by atoms with van der Waals surface area (Å²) in [6.07, 6.45) is 2.83. The molecular formula is C19H19N3O2. The van der Waals surface area contributed by atoms with E-state index >= 15 is 0 Å². The van der Waals surface area contributed by atoms with Gasteiger partial charge in [-0.25, -0.2) is 0 Å². The number of nitrogens with zero attached hydrogens (tertiary/aromatic N) is 1. The highest BCUT2D eigenvalue weighted by atomic mass is 16.3. The van der Waals surface area contributed by atoms with Crippen LogP contribution in [0.1, 0.15) is 45.3 Å². The summed E-state index contributed by atoms with van der Waals surface area (Å²) in [6, 6.07) is 9.91. The van der Waals surface area contributed by atoms with Gasteiger partial charge in [0.2, 0.25) is 0 Å². The molecule has 5 heteroatoms. The number of benzene rings is 1. The second-order valence-electron chi connectivity index (χ2n) is 6.39. The van der Waals surface area contributed by atoms with Crippen molar-refractivity contribution in [3.63, 3.8) is 0 Å². The van der Waals surface area contributed by atoms with Crippen LogP contribution in [0, 0.1) is 13.8 Å². The second kappa shape index (κ2) is 5.67. The maximum atomic E-state index is 12.6. The zero-order valence-electron chi connectivity index (χ0n) is 13.7. The number of anilines is 2. The number of H-pyrrole nitrogens is 1. The molecule has 1 aliphatic rings. The van der Waals surface area contributed by atoms with Crippen molar-refractivity contribution in [2.45, 2.75) is 32.6 Å². The minimum Gasteiger partial charge on any atom is -0.469 e. The Hall–Kier alpha value is -2.82. The SMILES string of the molecule is Cc1ccc(Nc2n[nH]c3c2C(=O)CC(c2ccco2)C3)cc1C. The monoisotopic (exact) mass is 321 g/mol. The van der Waals surface area contributed by atoms with Crippen molar-refractivity contribution >= 4 is 17.3 Å². The van der Waals surface area contributed by atoms with Crippen LogP contribution in [-0.4, -0.2) is 16.0 Å². The molecule has 0 spiro atoms. The molecule has 1 atom stereocenters. The first-order valence-electron chi connectivity index (χ1n) is 8.10. The van der Waals surface area contributed by atoms with Crippen LogP contribution in [-0.2, 0) is 6.42 Å². The minimum atomic E-state index is 0.0786. The average Bonchev–Trinajstić information content (AvgIpc) is 3.21. The van der Waals surface area contributed by atoms with Gasteiger partial charge in [0.05, 0.1) is 11.8 Å². The molecule has 0 saturated carbocycles. The molecule has 4 rings (SSSR count). The number of aryl methyl sites for hydroxylation is 2. The Balaban J connectivity index is 1.62. The Kier molecular flexibility index (Phi) is 3.49. The Morgan fingerprint density at radius 3 is 2.83 bits per heavy atom. The predicted molar refractivity (Wildman–Crippen MR) is 91.9 cm³/mol. The van der Waals surface area contributed by atoms with E-state index in [4.69, 9.17) is 4.42 Å². The quantitative estimate of drug-likeness (QED) is 0.755. The average molecular weight is 321 g/mol. The zero-order chi connectivity index (χ0) is 16.7. The molecule has 0 radical (unpaired) electrons. The lowest BCUT2D eigenvalue weighted by atomic mass is 9.85. The number of carbonyl (C=O) groups excluding carboxylic acids is 1. The van der Waals surface area contributed by atoms with E-state index in [1.54, 1.807) is 6.26 Å². The normalized spacial score (nSPS) is 16.9. The Morgan fingerprint density at radius 1 is 1.21 bits per heavy atom. The predicted octanol–water partition coefficient (Wildman–Crippen LogP) is 4.28. The fourth-order valence-corrected chi connectivity index (χ4v) is 3.24. The highest BCUT2D eigenvalue weighted by Gasteiger charge is 2.32. The summed E-state index contributed by atoms with van der Waals surface area (Å²) in [6.45, 7) is 4.15. The van der Waals surface area contributed by atoms with Gasteiger partial charge < -0.3 is 9.73 Å². The maximum absolute atomic E-state index is 12.6. The number of Topliss-reactive ketones (excluding diaryl/α,β-unsaturated/α-hetero) is 1. The van der Waals surface area contributed by atoms with E-state index in [-0.39, 0.29) is 11.7 Å². The standard InChI is InChI=1S/C19H19N3O2/c1-11-5-6-14(8-12(11)2)20-19-18-15(21-22-19)9-13(10-16(18)23)17-4-3-7-24-17/h3-8,13H,9-10H2,1-2H3,(H2,20,21,22). The first-order valence-corrected chi connectivity index (χ1v) is 8.10. The van der Waals surface area contributed by atoms with Gasteiger partial charge in [-0.05, 0) is 49.2 Å². The van der Waals surface area contributed by atoms with Crippen molar-refractivity contribution in [2.24, 2.45) is 0 Å². The Morgan fingerprint density at radius 2 is 2.08 bits per heavy atom. The molecule has 2 N–H and O–H groups in total. The molecule has 2 aromatic heterocycles. The first-order chi connectivity index (χ1) is 11.6. The van der Waals surface area contributed by atoms with Gasteiger partial charge in [0.15, 0.2) is 11.6 Å². The number of hydrogen-bond donors (Lipinski definition) is 2. The molecule has 1 unspecified atom stereocenters. The summed E-state index contributed by atoms with van der Waals surface area (Å²) in [5.74, 6) is 1.64. The second-order valence-corrected chi connectivity index (χ2v) is 6.39. The molecule has 0 amide bonds. The molecule has 0 aliphatic heterocycles. The van der Waals surface area contributed by atoms with Gasteiger partial charge in [-0.1, -0.05) is 6.07 Å². The largest absolute Gasteiger partial charge is 0.469 e. The van der Waals surface area contributed by atoms with Crippen LogP contribution in [0.5, 0.6) is 0 Å². The van der Waals surface area contributed by atoms with Crippen LogP contribution >= 0.6 is 0 Å². The van der Waals surface area contributed by atoms with Gasteiger partial charge in [0.1, 0.15) is 5.76 Å². The summed E-state index contributed by atoms with van der Waals surface area (Å²) in [5, 5.41) is 10.6. The van der Waals surface area contributed by atoms with Crippen molar-refractivity contribution in [3.8, 4) is 0 Å². The maximum Gasteiger partial charge on any atom is 0.169 e. The number of carbonyl (C=O) groups is 1. The molecule has 5 nitrogen and oxygen atoms in total. The summed E-state index contributed by atoms with van der Waals surface area (Å²) in [5.41, 5.74) is 4.93. The van der Waals surface area contributed by atoms with Crippen LogP contribution in [0.2, 0.25) is 0 Å². The number of ketones is 1. The fourth-order valence-electron chi connectivity index (χ4n) is 3.24. The summed E-state index contributed by atoms with van der Waals surface area (Å²) in [7, 11) is 0. The van der Waals surface area contributed by atoms with Gasteiger partial charge in [0.25, 0.3) is 0 Å². The van der Waals surface area contributed by atoms with Crippen LogP contribution in [0.3, 0.4) is 0 Å². The van der Waals surface area contributed by atoms with E-state index < -0.39 is 0 Å². The number of furan rings is 1. The molecule has 0 saturated heterocycles. The highest BCUT2D eigenvalue weighted by Crippen LogP contribution is 2.35. The van der Waals surface area contributed by atoms with E-state index in [1.807, 2.05) is 18.2 Å². The van der Waals surface area contributed by atoms with Crippen LogP contribution in [0.25, 0.3) is 0 Å². The van der Waals surface area contributed by atoms with E-state index in [0.29, 0.717) is 17.8 Å². The summed E-state index contributed by atoms with van der Waals surface area (Å²) < 4.78 is 5.46. The smallest absolute Gasteiger partial charge is 0.169 e. The number of hydrogen-bond acceptors (Lipinski definition) is 4. The Bertz CT molecular complexity index is 893. The third-order valence-electron chi connectivity index (χ3n) is 4.72. The molecule has 0 bridgehead atoms. The first kappa shape index (κ1) is 14.8. The van der Waals surface area contributed by atoms with Crippen molar-refractivity contribution in [1.82, 2.24) is 10.2 Å². The van der Waals surface area contributed by atoms with Crippen LogP contribution in [0.4, 0.5) is 11.5 Å². The zero-order valence-corrected chi connectivity index (χ0v) is 13.7. The van der Waals surface area contributed by atoms with Gasteiger partial charge in [-0.2, -0.15) is 5.10 Å². The van der Waals surface area contributed by atoms with Crippen molar-refractivity contribution in [2.75, 3.05) is 5.32 Å². The highest BCUT2D eigenvalue weighted by molar-refractivity contribution is 6.03. The molecule has 24 heavy (non-hydrogen) atoms. The van der Waals surface area contributed by atoms with Gasteiger partial charge in [0, 0.05) is 30.1 Å². The lowest BCUT2D eigenvalue weighted by Crippen LogP contribution is -2.18.